The van der Waals surface area contributed by atoms with Gasteiger partial charge in [-0.25, -0.2) is 4.39 Å². The SMILES string of the molecule is Cc1ccc(C(C)(O)C2(CN)CCCCCCC2)cc1F. The van der Waals surface area contributed by atoms with Crippen molar-refractivity contribution < 1.29 is 9.50 Å². The Balaban J connectivity index is 2.38. The van der Waals surface area contributed by atoms with Crippen molar-refractivity contribution in [3.8, 4) is 0 Å². The fourth-order valence-corrected chi connectivity index (χ4v) is 3.67. The molecule has 0 saturated heterocycles. The minimum atomic E-state index is -1.09. The molecule has 0 amide bonds. The first kappa shape index (κ1) is 16.4. The molecule has 0 aliphatic heterocycles. The van der Waals surface area contributed by atoms with Gasteiger partial charge in [-0.3, -0.25) is 0 Å². The van der Waals surface area contributed by atoms with Crippen molar-refractivity contribution in [1.82, 2.24) is 0 Å². The third-order valence-electron chi connectivity index (χ3n) is 5.47. The van der Waals surface area contributed by atoms with Crippen LogP contribution in [0.4, 0.5) is 4.39 Å². The molecule has 0 spiro atoms. The zero-order valence-corrected chi connectivity index (χ0v) is 13.3. The van der Waals surface area contributed by atoms with Crippen molar-refractivity contribution in [3.05, 3.63) is 35.1 Å². The van der Waals surface area contributed by atoms with E-state index in [4.69, 9.17) is 5.73 Å². The minimum Gasteiger partial charge on any atom is -0.385 e. The molecule has 2 rings (SSSR count). The fourth-order valence-electron chi connectivity index (χ4n) is 3.67. The standard InChI is InChI=1S/C18H28FNO/c1-14-8-9-15(12-16(14)19)17(2,21)18(13-20)10-6-4-3-5-7-11-18/h8-9,12,21H,3-7,10-11,13,20H2,1-2H3. The average molecular weight is 293 g/mol. The summed E-state index contributed by atoms with van der Waals surface area (Å²) in [5.41, 5.74) is 5.91. The third kappa shape index (κ3) is 3.14. The van der Waals surface area contributed by atoms with Crippen molar-refractivity contribution in [2.24, 2.45) is 11.1 Å². The molecule has 21 heavy (non-hydrogen) atoms. The molecule has 3 N–H and O–H groups in total. The summed E-state index contributed by atoms with van der Waals surface area (Å²) in [6.45, 7) is 3.99. The quantitative estimate of drug-likeness (QED) is 0.883. The molecule has 1 atom stereocenters. The predicted molar refractivity (Wildman–Crippen MR) is 84.5 cm³/mol. The summed E-state index contributed by atoms with van der Waals surface area (Å²) < 4.78 is 13.9. The predicted octanol–water partition coefficient (Wildman–Crippen LogP) is 4.03. The highest BCUT2D eigenvalue weighted by Crippen LogP contribution is 2.48. The van der Waals surface area contributed by atoms with Gasteiger partial charge in [-0.05, 0) is 43.9 Å². The van der Waals surface area contributed by atoms with Crippen LogP contribution in [0.3, 0.4) is 0 Å². The summed E-state index contributed by atoms with van der Waals surface area (Å²) in [5.74, 6) is -0.259. The van der Waals surface area contributed by atoms with E-state index in [1.807, 2.05) is 13.0 Å². The summed E-state index contributed by atoms with van der Waals surface area (Å²) in [7, 11) is 0. The van der Waals surface area contributed by atoms with Crippen molar-refractivity contribution in [2.75, 3.05) is 6.54 Å². The second kappa shape index (κ2) is 6.45. The lowest BCUT2D eigenvalue weighted by molar-refractivity contribution is -0.0865. The molecule has 1 aromatic rings. The van der Waals surface area contributed by atoms with E-state index in [-0.39, 0.29) is 11.2 Å². The Morgan fingerprint density at radius 1 is 1.19 bits per heavy atom. The van der Waals surface area contributed by atoms with Crippen LogP contribution in [0.5, 0.6) is 0 Å². The van der Waals surface area contributed by atoms with E-state index in [1.54, 1.807) is 13.0 Å². The molecular formula is C18H28FNO. The molecule has 1 aromatic carbocycles. The van der Waals surface area contributed by atoms with Gasteiger partial charge in [-0.15, -0.1) is 0 Å². The molecule has 1 fully saturated rings. The Labute approximate surface area is 127 Å². The maximum absolute atomic E-state index is 13.9. The number of rotatable bonds is 3. The van der Waals surface area contributed by atoms with Crippen molar-refractivity contribution in [3.63, 3.8) is 0 Å². The largest absolute Gasteiger partial charge is 0.385 e. The van der Waals surface area contributed by atoms with Gasteiger partial charge < -0.3 is 10.8 Å². The summed E-state index contributed by atoms with van der Waals surface area (Å²) in [6, 6.07) is 5.06. The molecule has 3 heteroatoms. The van der Waals surface area contributed by atoms with Crippen LogP contribution in [0.25, 0.3) is 0 Å². The maximum atomic E-state index is 13.9. The number of aryl methyl sites for hydroxylation is 1. The molecule has 0 aromatic heterocycles. The number of aliphatic hydroxyl groups is 1. The second-order valence-electron chi connectivity index (χ2n) is 6.79. The van der Waals surface area contributed by atoms with Crippen LogP contribution in [0.15, 0.2) is 18.2 Å². The van der Waals surface area contributed by atoms with Gasteiger partial charge in [-0.1, -0.05) is 44.2 Å². The van der Waals surface area contributed by atoms with Crippen molar-refractivity contribution >= 4 is 0 Å². The zero-order valence-electron chi connectivity index (χ0n) is 13.3. The lowest BCUT2D eigenvalue weighted by Crippen LogP contribution is -2.49. The van der Waals surface area contributed by atoms with E-state index in [0.29, 0.717) is 17.7 Å². The van der Waals surface area contributed by atoms with E-state index in [2.05, 4.69) is 0 Å². The summed E-state index contributed by atoms with van der Waals surface area (Å²) in [4.78, 5) is 0. The fraction of sp³-hybridized carbons (Fsp3) is 0.667. The van der Waals surface area contributed by atoms with Crippen LogP contribution < -0.4 is 5.73 Å². The Morgan fingerprint density at radius 2 is 1.76 bits per heavy atom. The lowest BCUT2D eigenvalue weighted by atomic mass is 9.63. The Kier molecular flexibility index (Phi) is 5.05. The van der Waals surface area contributed by atoms with Gasteiger partial charge in [0, 0.05) is 12.0 Å². The molecule has 1 unspecified atom stereocenters. The summed E-state index contributed by atoms with van der Waals surface area (Å²) in [6.07, 6.45) is 7.64. The molecular weight excluding hydrogens is 265 g/mol. The molecule has 1 saturated carbocycles. The van der Waals surface area contributed by atoms with Crippen LogP contribution in [-0.2, 0) is 5.60 Å². The Morgan fingerprint density at radius 3 is 2.29 bits per heavy atom. The molecule has 1 aliphatic rings. The van der Waals surface area contributed by atoms with Crippen LogP contribution >= 0.6 is 0 Å². The van der Waals surface area contributed by atoms with Crippen LogP contribution in [0, 0.1) is 18.2 Å². The highest BCUT2D eigenvalue weighted by Gasteiger charge is 2.46. The average Bonchev–Trinajstić information content (AvgIpc) is 2.42. The number of benzene rings is 1. The monoisotopic (exact) mass is 293 g/mol. The van der Waals surface area contributed by atoms with E-state index < -0.39 is 5.60 Å². The number of hydrogen-bond acceptors (Lipinski definition) is 2. The van der Waals surface area contributed by atoms with Crippen LogP contribution in [-0.4, -0.2) is 11.7 Å². The van der Waals surface area contributed by atoms with Gasteiger partial charge in [0.15, 0.2) is 0 Å². The second-order valence-corrected chi connectivity index (χ2v) is 6.79. The van der Waals surface area contributed by atoms with E-state index in [9.17, 15) is 9.50 Å². The van der Waals surface area contributed by atoms with Gasteiger partial charge in [0.1, 0.15) is 5.82 Å². The number of halogens is 1. The normalized spacial score (nSPS) is 22.1. The highest BCUT2D eigenvalue weighted by atomic mass is 19.1. The van der Waals surface area contributed by atoms with Crippen LogP contribution in [0.2, 0.25) is 0 Å². The van der Waals surface area contributed by atoms with Gasteiger partial charge in [0.25, 0.3) is 0 Å². The van der Waals surface area contributed by atoms with Crippen molar-refractivity contribution in [2.45, 2.75) is 64.4 Å². The Hall–Kier alpha value is -0.930. The molecule has 1 aliphatic carbocycles. The lowest BCUT2D eigenvalue weighted by Gasteiger charge is -2.46. The smallest absolute Gasteiger partial charge is 0.126 e. The molecule has 0 radical (unpaired) electrons. The number of nitrogens with two attached hydrogens (primary N) is 1. The first-order chi connectivity index (χ1) is 9.93. The third-order valence-corrected chi connectivity index (χ3v) is 5.47. The van der Waals surface area contributed by atoms with E-state index >= 15 is 0 Å². The van der Waals surface area contributed by atoms with Gasteiger partial charge >= 0.3 is 0 Å². The van der Waals surface area contributed by atoms with Gasteiger partial charge in [-0.2, -0.15) is 0 Å². The summed E-state index contributed by atoms with van der Waals surface area (Å²) >= 11 is 0. The molecule has 0 bridgehead atoms. The van der Waals surface area contributed by atoms with E-state index in [1.165, 1.54) is 25.3 Å². The first-order valence-electron chi connectivity index (χ1n) is 8.12. The highest BCUT2D eigenvalue weighted by molar-refractivity contribution is 5.29. The molecule has 118 valence electrons. The Bertz CT molecular complexity index is 476. The van der Waals surface area contributed by atoms with Crippen molar-refractivity contribution in [1.29, 1.82) is 0 Å². The summed E-state index contributed by atoms with van der Waals surface area (Å²) in [5, 5.41) is 11.2. The van der Waals surface area contributed by atoms with Gasteiger partial charge in [0.05, 0.1) is 5.60 Å². The molecule has 2 nitrogen and oxygen atoms in total. The topological polar surface area (TPSA) is 46.2 Å². The van der Waals surface area contributed by atoms with Crippen LogP contribution in [0.1, 0.15) is 63.0 Å². The first-order valence-corrected chi connectivity index (χ1v) is 8.12. The minimum absolute atomic E-state index is 0.259. The van der Waals surface area contributed by atoms with Gasteiger partial charge in [0.2, 0.25) is 0 Å². The zero-order chi connectivity index (χ0) is 15.5. The molecule has 0 heterocycles. The number of hydrogen-bond donors (Lipinski definition) is 2. The maximum Gasteiger partial charge on any atom is 0.126 e. The van der Waals surface area contributed by atoms with E-state index in [0.717, 1.165) is 25.7 Å².